The molecule has 7 nitrogen and oxygen atoms in total. The minimum absolute atomic E-state index is 0.00698. The largest absolute Gasteiger partial charge is 0.496 e. The summed E-state index contributed by atoms with van der Waals surface area (Å²) in [6, 6.07) is 14.9. The van der Waals surface area contributed by atoms with Crippen molar-refractivity contribution in [2.75, 3.05) is 33.4 Å². The number of fused-ring (bicyclic) bond motifs is 1. The summed E-state index contributed by atoms with van der Waals surface area (Å²) in [6.45, 7) is 9.57. The fraction of sp³-hybridized carbons (Fsp3) is 0.345. The number of benzene rings is 2. The summed E-state index contributed by atoms with van der Waals surface area (Å²) < 4.78 is 13.2. The van der Waals surface area contributed by atoms with Crippen LogP contribution in [0.25, 0.3) is 10.9 Å². The predicted molar refractivity (Wildman–Crippen MR) is 155 cm³/mol. The van der Waals surface area contributed by atoms with Gasteiger partial charge in [-0.15, -0.1) is 11.3 Å². The van der Waals surface area contributed by atoms with Crippen molar-refractivity contribution >= 4 is 39.8 Å². The third-order valence-corrected chi connectivity index (χ3v) is 8.29. The average molecular weight is 552 g/mol. The molecule has 0 saturated heterocycles. The molecule has 0 aliphatic heterocycles. The SMILES string of the molecule is CCN(CC)CCOc1ccc2nc(SCc3cc(C(C)=O)ccc3OC)n(Cc3cccs3)c(=O)c2c1. The van der Waals surface area contributed by atoms with Gasteiger partial charge in [-0.1, -0.05) is 31.7 Å². The third kappa shape index (κ3) is 6.64. The lowest BCUT2D eigenvalue weighted by Gasteiger charge is -2.18. The van der Waals surface area contributed by atoms with Crippen molar-refractivity contribution in [3.05, 3.63) is 80.3 Å². The molecule has 0 saturated carbocycles. The maximum absolute atomic E-state index is 13.8. The Hall–Kier alpha value is -3.14. The molecular formula is C29H33N3O4S2. The first-order chi connectivity index (χ1) is 18.4. The Bertz CT molecular complexity index is 1450. The number of rotatable bonds is 13. The smallest absolute Gasteiger partial charge is 0.262 e. The van der Waals surface area contributed by atoms with E-state index in [0.29, 0.717) is 52.0 Å². The Morgan fingerprint density at radius 3 is 2.63 bits per heavy atom. The van der Waals surface area contributed by atoms with E-state index >= 15 is 0 Å². The van der Waals surface area contributed by atoms with E-state index in [1.54, 1.807) is 48.1 Å². The van der Waals surface area contributed by atoms with Crippen LogP contribution in [-0.4, -0.2) is 53.6 Å². The lowest BCUT2D eigenvalue weighted by Crippen LogP contribution is -2.28. The molecule has 0 aliphatic carbocycles. The van der Waals surface area contributed by atoms with Crippen LogP contribution in [0, 0.1) is 0 Å². The van der Waals surface area contributed by atoms with Crippen molar-refractivity contribution in [2.45, 2.75) is 38.2 Å². The minimum atomic E-state index is -0.107. The second-order valence-corrected chi connectivity index (χ2v) is 10.8. The van der Waals surface area contributed by atoms with Crippen LogP contribution in [0.3, 0.4) is 0 Å². The zero-order chi connectivity index (χ0) is 27.1. The quantitative estimate of drug-likeness (QED) is 0.119. The molecule has 4 aromatic rings. The molecule has 0 bridgehead atoms. The molecule has 0 unspecified atom stereocenters. The summed E-state index contributed by atoms with van der Waals surface area (Å²) in [7, 11) is 1.61. The van der Waals surface area contributed by atoms with Crippen LogP contribution in [0.4, 0.5) is 0 Å². The van der Waals surface area contributed by atoms with Crippen molar-refractivity contribution in [3.63, 3.8) is 0 Å². The maximum Gasteiger partial charge on any atom is 0.262 e. The van der Waals surface area contributed by atoms with E-state index in [9.17, 15) is 9.59 Å². The number of carbonyl (C=O) groups is 1. The topological polar surface area (TPSA) is 73.7 Å². The van der Waals surface area contributed by atoms with Crippen LogP contribution >= 0.6 is 23.1 Å². The Kier molecular flexibility index (Phi) is 9.60. The number of nitrogens with zero attached hydrogens (tertiary/aromatic N) is 3. The molecule has 0 N–H and O–H groups in total. The third-order valence-electron chi connectivity index (χ3n) is 6.40. The van der Waals surface area contributed by atoms with E-state index in [-0.39, 0.29) is 11.3 Å². The highest BCUT2D eigenvalue weighted by Crippen LogP contribution is 2.30. The molecule has 0 spiro atoms. The standard InChI is InChI=1S/C29H33N3O4S2/c1-5-31(6-2)13-14-36-23-10-11-26-25(17-23)28(34)32(18-24-8-7-15-37-24)29(30-26)38-19-22-16-21(20(3)33)9-12-27(22)35-4/h7-12,15-17H,5-6,13-14,18-19H2,1-4H3. The van der Waals surface area contributed by atoms with Crippen LogP contribution in [0.5, 0.6) is 11.5 Å². The van der Waals surface area contributed by atoms with Gasteiger partial charge in [-0.3, -0.25) is 14.2 Å². The number of ether oxygens (including phenoxy) is 2. The molecule has 2 heterocycles. The number of thiophene rings is 1. The lowest BCUT2D eigenvalue weighted by molar-refractivity contribution is 0.101. The number of likely N-dealkylation sites (N-methyl/N-ethyl adjacent to an activating group) is 1. The highest BCUT2D eigenvalue weighted by atomic mass is 32.2. The Morgan fingerprint density at radius 1 is 1.13 bits per heavy atom. The Morgan fingerprint density at radius 2 is 1.95 bits per heavy atom. The zero-order valence-electron chi connectivity index (χ0n) is 22.2. The molecule has 0 atom stereocenters. The number of ketones is 1. The molecule has 0 radical (unpaired) electrons. The fourth-order valence-electron chi connectivity index (χ4n) is 4.16. The van der Waals surface area contributed by atoms with Crippen molar-refractivity contribution < 1.29 is 14.3 Å². The highest BCUT2D eigenvalue weighted by molar-refractivity contribution is 7.98. The van der Waals surface area contributed by atoms with Gasteiger partial charge in [-0.25, -0.2) is 4.98 Å². The molecular weight excluding hydrogens is 518 g/mol. The molecule has 2 aromatic carbocycles. The summed E-state index contributed by atoms with van der Waals surface area (Å²) >= 11 is 3.06. The van der Waals surface area contributed by atoms with Crippen molar-refractivity contribution in [3.8, 4) is 11.5 Å². The van der Waals surface area contributed by atoms with Gasteiger partial charge in [-0.05, 0) is 67.9 Å². The van der Waals surface area contributed by atoms with Gasteiger partial charge in [-0.2, -0.15) is 0 Å². The summed E-state index contributed by atoms with van der Waals surface area (Å²) in [4.78, 5) is 33.9. The number of Topliss-reactive ketones (excluding diaryl/α,β-unsaturated/α-hetero) is 1. The normalized spacial score (nSPS) is 11.3. The first-order valence-corrected chi connectivity index (χ1v) is 14.5. The van der Waals surface area contributed by atoms with E-state index in [1.807, 2.05) is 35.7 Å². The van der Waals surface area contributed by atoms with Gasteiger partial charge in [0, 0.05) is 28.3 Å². The van der Waals surface area contributed by atoms with Crippen molar-refractivity contribution in [2.24, 2.45) is 0 Å². The zero-order valence-corrected chi connectivity index (χ0v) is 23.9. The summed E-state index contributed by atoms with van der Waals surface area (Å²) in [5, 5.41) is 3.14. The van der Waals surface area contributed by atoms with Crippen LogP contribution in [0.2, 0.25) is 0 Å². The van der Waals surface area contributed by atoms with Gasteiger partial charge in [0.1, 0.15) is 18.1 Å². The number of hydrogen-bond donors (Lipinski definition) is 0. The number of aromatic nitrogens is 2. The van der Waals surface area contributed by atoms with Crippen LogP contribution < -0.4 is 15.0 Å². The molecule has 0 aliphatic rings. The Labute approximate surface area is 231 Å². The lowest BCUT2D eigenvalue weighted by atomic mass is 10.1. The van der Waals surface area contributed by atoms with Crippen LogP contribution in [0.1, 0.15) is 41.6 Å². The molecule has 38 heavy (non-hydrogen) atoms. The van der Waals surface area contributed by atoms with Gasteiger partial charge >= 0.3 is 0 Å². The second kappa shape index (κ2) is 13.1. The maximum atomic E-state index is 13.8. The number of carbonyl (C=O) groups excluding carboxylic acids is 1. The molecule has 4 rings (SSSR count). The minimum Gasteiger partial charge on any atom is -0.496 e. The van der Waals surface area contributed by atoms with E-state index < -0.39 is 0 Å². The van der Waals surface area contributed by atoms with Crippen molar-refractivity contribution in [1.29, 1.82) is 0 Å². The number of hydrogen-bond acceptors (Lipinski definition) is 8. The molecule has 9 heteroatoms. The second-order valence-electron chi connectivity index (χ2n) is 8.79. The predicted octanol–water partition coefficient (Wildman–Crippen LogP) is 5.73. The number of thioether (sulfide) groups is 1. The first-order valence-electron chi connectivity index (χ1n) is 12.7. The van der Waals surface area contributed by atoms with Crippen LogP contribution in [0.15, 0.2) is 63.9 Å². The van der Waals surface area contributed by atoms with Gasteiger partial charge in [0.15, 0.2) is 10.9 Å². The monoisotopic (exact) mass is 551 g/mol. The number of methoxy groups -OCH3 is 1. The summed E-state index contributed by atoms with van der Waals surface area (Å²) in [5.41, 5.74) is 2.02. The molecule has 0 amide bonds. The molecule has 2 aromatic heterocycles. The van der Waals surface area contributed by atoms with Crippen LogP contribution in [-0.2, 0) is 12.3 Å². The summed E-state index contributed by atoms with van der Waals surface area (Å²) in [6.07, 6.45) is 0. The molecule has 0 fully saturated rings. The van der Waals surface area contributed by atoms with E-state index in [1.165, 1.54) is 11.8 Å². The van der Waals surface area contributed by atoms with Crippen molar-refractivity contribution in [1.82, 2.24) is 14.5 Å². The van der Waals surface area contributed by atoms with E-state index in [4.69, 9.17) is 14.5 Å². The highest BCUT2D eigenvalue weighted by Gasteiger charge is 2.16. The van der Waals surface area contributed by atoms with E-state index in [0.717, 1.165) is 30.1 Å². The fourth-order valence-corrected chi connectivity index (χ4v) is 5.83. The van der Waals surface area contributed by atoms with E-state index in [2.05, 4.69) is 18.7 Å². The van der Waals surface area contributed by atoms with Gasteiger partial charge < -0.3 is 14.4 Å². The Balaban J connectivity index is 1.66. The summed E-state index contributed by atoms with van der Waals surface area (Å²) in [5.74, 6) is 1.85. The van der Waals surface area contributed by atoms with Gasteiger partial charge in [0.2, 0.25) is 0 Å². The average Bonchev–Trinajstić information content (AvgIpc) is 3.45. The van der Waals surface area contributed by atoms with Gasteiger partial charge in [0.25, 0.3) is 5.56 Å². The first kappa shape index (κ1) is 27.9. The molecule has 200 valence electrons. The van der Waals surface area contributed by atoms with Gasteiger partial charge in [0.05, 0.1) is 24.6 Å².